The van der Waals surface area contributed by atoms with E-state index in [9.17, 15) is 14.4 Å². The lowest BCUT2D eigenvalue weighted by atomic mass is 10.0. The average molecular weight is 620 g/mol. The lowest BCUT2D eigenvalue weighted by Gasteiger charge is -2.42. The number of carbonyl (C=O) groups excluding carboxylic acids is 1. The van der Waals surface area contributed by atoms with Gasteiger partial charge in [0, 0.05) is 42.8 Å². The summed E-state index contributed by atoms with van der Waals surface area (Å²) in [5.41, 5.74) is 2.64. The Kier molecular flexibility index (Phi) is 8.58. The molecule has 2 aromatic carbocycles. The molecule has 1 aromatic heterocycles. The predicted octanol–water partition coefficient (Wildman–Crippen LogP) is 3.81. The van der Waals surface area contributed by atoms with Gasteiger partial charge >= 0.3 is 6.01 Å². The van der Waals surface area contributed by atoms with Gasteiger partial charge in [0.25, 0.3) is 0 Å². The van der Waals surface area contributed by atoms with E-state index in [2.05, 4.69) is 27.3 Å². The first-order chi connectivity index (χ1) is 21.3. The Morgan fingerprint density at radius 3 is 2.84 bits per heavy atom. The van der Waals surface area contributed by atoms with E-state index in [1.54, 1.807) is 11.0 Å². The first kappa shape index (κ1) is 30.1. The van der Waals surface area contributed by atoms with Crippen molar-refractivity contribution in [3.8, 4) is 12.1 Å². The van der Waals surface area contributed by atoms with Crippen molar-refractivity contribution in [1.82, 2.24) is 19.8 Å². The van der Waals surface area contributed by atoms with Crippen LogP contribution >= 0.6 is 11.6 Å². The van der Waals surface area contributed by atoms with Crippen LogP contribution in [0.1, 0.15) is 17.7 Å². The van der Waals surface area contributed by atoms with Gasteiger partial charge in [-0.05, 0) is 44.1 Å². The molecule has 3 aliphatic heterocycles. The molecular formula is C32H35ClFN7O3. The van der Waals surface area contributed by atoms with Gasteiger partial charge < -0.3 is 29.1 Å². The van der Waals surface area contributed by atoms with Crippen LogP contribution in [0.15, 0.2) is 43.0 Å². The average Bonchev–Trinajstić information content (AvgIpc) is 3.50. The lowest BCUT2D eigenvalue weighted by molar-refractivity contribution is -0.128. The van der Waals surface area contributed by atoms with Crippen molar-refractivity contribution in [2.45, 2.75) is 37.6 Å². The summed E-state index contributed by atoms with van der Waals surface area (Å²) in [5.74, 6) is 0.107. The number of likely N-dealkylation sites (N-methyl/N-ethyl adjacent to an activating group) is 1. The third kappa shape index (κ3) is 5.65. The molecule has 2 fully saturated rings. The topological polar surface area (TPSA) is 98.1 Å². The number of nitrogens with zero attached hydrogens (tertiary/aromatic N) is 7. The Labute approximate surface area is 261 Å². The number of carbonyl (C=O) groups is 1. The summed E-state index contributed by atoms with van der Waals surface area (Å²) in [6, 6.07) is 11.2. The zero-order chi connectivity index (χ0) is 31.0. The monoisotopic (exact) mass is 619 g/mol. The first-order valence-corrected chi connectivity index (χ1v) is 15.1. The molecule has 0 saturated carbocycles. The summed E-state index contributed by atoms with van der Waals surface area (Å²) in [7, 11) is 3.98. The molecule has 1 amide bonds. The van der Waals surface area contributed by atoms with Gasteiger partial charge in [-0.3, -0.25) is 4.79 Å². The van der Waals surface area contributed by atoms with Crippen molar-refractivity contribution < 1.29 is 18.7 Å². The number of aromatic nitrogens is 2. The number of amides is 1. The third-order valence-corrected chi connectivity index (χ3v) is 9.13. The fourth-order valence-electron chi connectivity index (χ4n) is 6.45. The maximum atomic E-state index is 14.6. The standard InChI is InChI=1S/C32H35ClFN7O3/c1-4-28(42)41-15-14-40(16-21(41)10-12-35)31-22-11-13-39(25-7-5-6-20-8-9-23(34)30(33)29(20)25)17-24(22)36-32(37-31)44-27-19-43-18-26(27)38(2)3/h4-9,21,26-27H,1,10-11,13-19H2,2-3H3/t21?,26-,27-/m1/s1. The molecule has 3 aliphatic rings. The molecule has 230 valence electrons. The molecule has 0 radical (unpaired) electrons. The molecule has 3 atom stereocenters. The minimum absolute atomic E-state index is 0.0516. The summed E-state index contributed by atoms with van der Waals surface area (Å²) in [5, 5.41) is 11.2. The fraction of sp³-hybridized carbons (Fsp3) is 0.438. The molecule has 4 heterocycles. The third-order valence-electron chi connectivity index (χ3n) is 8.76. The van der Waals surface area contributed by atoms with Crippen LogP contribution in [0, 0.1) is 17.1 Å². The molecule has 0 aliphatic carbocycles. The zero-order valence-electron chi connectivity index (χ0n) is 24.9. The molecule has 0 spiro atoms. The van der Waals surface area contributed by atoms with Crippen molar-refractivity contribution in [2.75, 3.05) is 63.3 Å². The number of benzene rings is 2. The highest BCUT2D eigenvalue weighted by molar-refractivity contribution is 6.36. The molecule has 44 heavy (non-hydrogen) atoms. The van der Waals surface area contributed by atoms with Gasteiger partial charge in [0.15, 0.2) is 0 Å². The highest BCUT2D eigenvalue weighted by Crippen LogP contribution is 2.38. The quantitative estimate of drug-likeness (QED) is 0.366. The van der Waals surface area contributed by atoms with E-state index in [0.717, 1.165) is 28.1 Å². The molecule has 0 bridgehead atoms. The number of anilines is 2. The van der Waals surface area contributed by atoms with Crippen LogP contribution in [-0.2, 0) is 22.5 Å². The maximum absolute atomic E-state index is 14.6. The summed E-state index contributed by atoms with van der Waals surface area (Å²) in [6.45, 7) is 7.14. The summed E-state index contributed by atoms with van der Waals surface area (Å²) < 4.78 is 26.7. The van der Waals surface area contributed by atoms with E-state index in [1.165, 1.54) is 12.1 Å². The van der Waals surface area contributed by atoms with Gasteiger partial charge in [-0.25, -0.2) is 4.39 Å². The molecule has 1 unspecified atom stereocenters. The number of piperazine rings is 1. The smallest absolute Gasteiger partial charge is 0.319 e. The lowest BCUT2D eigenvalue weighted by Crippen LogP contribution is -2.55. The molecule has 0 N–H and O–H groups in total. The highest BCUT2D eigenvalue weighted by Gasteiger charge is 2.36. The van der Waals surface area contributed by atoms with E-state index >= 15 is 0 Å². The Hall–Kier alpha value is -3.98. The molecule has 3 aromatic rings. The minimum Gasteiger partial charge on any atom is -0.456 e. The van der Waals surface area contributed by atoms with Crippen LogP contribution in [0.4, 0.5) is 15.9 Å². The van der Waals surface area contributed by atoms with E-state index in [1.807, 2.05) is 32.3 Å². The molecule has 12 heteroatoms. The number of halogens is 2. The van der Waals surface area contributed by atoms with E-state index in [4.69, 9.17) is 31.0 Å². The van der Waals surface area contributed by atoms with Crippen molar-refractivity contribution in [2.24, 2.45) is 0 Å². The Balaban J connectivity index is 1.38. The largest absolute Gasteiger partial charge is 0.456 e. The van der Waals surface area contributed by atoms with Gasteiger partial charge in [0.1, 0.15) is 17.7 Å². The predicted molar refractivity (Wildman–Crippen MR) is 167 cm³/mol. The normalized spacial score (nSPS) is 21.8. The van der Waals surface area contributed by atoms with Crippen molar-refractivity contribution in [3.63, 3.8) is 0 Å². The van der Waals surface area contributed by atoms with Crippen LogP contribution in [0.5, 0.6) is 6.01 Å². The van der Waals surface area contributed by atoms with Crippen LogP contribution in [0.2, 0.25) is 5.02 Å². The van der Waals surface area contributed by atoms with E-state index < -0.39 is 5.82 Å². The minimum atomic E-state index is -0.459. The van der Waals surface area contributed by atoms with Crippen molar-refractivity contribution in [3.05, 3.63) is 65.1 Å². The Morgan fingerprint density at radius 2 is 2.07 bits per heavy atom. The Bertz CT molecular complexity index is 1630. The summed E-state index contributed by atoms with van der Waals surface area (Å²) in [6.07, 6.45) is 1.88. The van der Waals surface area contributed by atoms with Crippen LogP contribution in [0.3, 0.4) is 0 Å². The fourth-order valence-corrected chi connectivity index (χ4v) is 6.72. The van der Waals surface area contributed by atoms with Gasteiger partial charge in [0.2, 0.25) is 5.91 Å². The van der Waals surface area contributed by atoms with Crippen molar-refractivity contribution >= 4 is 39.8 Å². The maximum Gasteiger partial charge on any atom is 0.319 e. The molecule has 10 nitrogen and oxygen atoms in total. The van der Waals surface area contributed by atoms with E-state index in [0.29, 0.717) is 57.7 Å². The van der Waals surface area contributed by atoms with Crippen LogP contribution in [-0.4, -0.2) is 97.4 Å². The summed E-state index contributed by atoms with van der Waals surface area (Å²) in [4.78, 5) is 30.5. The van der Waals surface area contributed by atoms with E-state index in [-0.39, 0.29) is 41.5 Å². The molecule has 2 saturated heterocycles. The second-order valence-corrected chi connectivity index (χ2v) is 12.0. The van der Waals surface area contributed by atoms with Gasteiger partial charge in [-0.2, -0.15) is 15.2 Å². The van der Waals surface area contributed by atoms with Gasteiger partial charge in [-0.15, -0.1) is 0 Å². The number of rotatable bonds is 7. The molecule has 6 rings (SSSR count). The Morgan fingerprint density at radius 1 is 1.23 bits per heavy atom. The van der Waals surface area contributed by atoms with Crippen LogP contribution in [0.25, 0.3) is 10.8 Å². The second-order valence-electron chi connectivity index (χ2n) is 11.6. The number of fused-ring (bicyclic) bond motifs is 2. The number of hydrogen-bond donors (Lipinski definition) is 0. The number of nitriles is 1. The van der Waals surface area contributed by atoms with Crippen molar-refractivity contribution in [1.29, 1.82) is 5.26 Å². The molecular weight excluding hydrogens is 585 g/mol. The SMILES string of the molecule is C=CC(=O)N1CCN(c2nc(O[C@@H]3COC[C@H]3N(C)C)nc3c2CCN(c2cccc4ccc(F)c(Cl)c24)C3)CC1CC#N. The first-order valence-electron chi connectivity index (χ1n) is 14.8. The second kappa shape index (κ2) is 12.6. The van der Waals surface area contributed by atoms with Gasteiger partial charge in [0.05, 0.1) is 55.0 Å². The summed E-state index contributed by atoms with van der Waals surface area (Å²) >= 11 is 6.49. The van der Waals surface area contributed by atoms with Gasteiger partial charge in [-0.1, -0.05) is 36.4 Å². The highest BCUT2D eigenvalue weighted by atomic mass is 35.5. The number of hydrogen-bond acceptors (Lipinski definition) is 9. The van der Waals surface area contributed by atoms with Crippen LogP contribution < -0.4 is 14.5 Å². The zero-order valence-corrected chi connectivity index (χ0v) is 25.6. The number of ether oxygens (including phenoxy) is 2.